The van der Waals surface area contributed by atoms with Crippen LogP contribution in [0.4, 0.5) is 0 Å². The van der Waals surface area contributed by atoms with Gasteiger partial charge < -0.3 is 20.0 Å². The van der Waals surface area contributed by atoms with Crippen LogP contribution in [0.15, 0.2) is 4.99 Å². The van der Waals surface area contributed by atoms with Crippen LogP contribution in [0.25, 0.3) is 0 Å². The molecule has 2 heterocycles. The van der Waals surface area contributed by atoms with E-state index in [9.17, 15) is 0 Å². The molecule has 3 aliphatic rings. The van der Waals surface area contributed by atoms with Gasteiger partial charge in [0.1, 0.15) is 0 Å². The molecule has 3 rings (SSSR count). The highest BCUT2D eigenvalue weighted by Gasteiger charge is 2.38. The Morgan fingerprint density at radius 3 is 2.69 bits per heavy atom. The molecule has 3 fully saturated rings. The molecule has 2 saturated heterocycles. The third-order valence-corrected chi connectivity index (χ3v) is 7.67. The van der Waals surface area contributed by atoms with Crippen LogP contribution >= 0.6 is 11.8 Å². The minimum atomic E-state index is 0.502. The van der Waals surface area contributed by atoms with E-state index in [4.69, 9.17) is 4.99 Å². The van der Waals surface area contributed by atoms with E-state index in [0.717, 1.165) is 32.1 Å². The van der Waals surface area contributed by atoms with E-state index in [1.807, 2.05) is 0 Å². The lowest BCUT2D eigenvalue weighted by molar-refractivity contribution is 0.279. The minimum absolute atomic E-state index is 0.502. The first-order valence-electron chi connectivity index (χ1n) is 10.8. The molecule has 2 aliphatic heterocycles. The van der Waals surface area contributed by atoms with Gasteiger partial charge in [-0.15, -0.1) is 0 Å². The Morgan fingerprint density at radius 2 is 1.88 bits per heavy atom. The van der Waals surface area contributed by atoms with Crippen molar-refractivity contribution in [2.24, 2.45) is 4.99 Å². The summed E-state index contributed by atoms with van der Waals surface area (Å²) in [6.07, 6.45) is 8.34. The van der Waals surface area contributed by atoms with Crippen molar-refractivity contribution in [2.75, 3.05) is 71.7 Å². The number of rotatable bonds is 4. The molecule has 0 aromatic carbocycles. The van der Waals surface area contributed by atoms with E-state index < -0.39 is 0 Å². The molecule has 26 heavy (non-hydrogen) atoms. The molecular weight excluding hydrogens is 342 g/mol. The van der Waals surface area contributed by atoms with Gasteiger partial charge in [-0.05, 0) is 46.3 Å². The molecular formula is C20H39N5S. The van der Waals surface area contributed by atoms with Gasteiger partial charge in [-0.2, -0.15) is 11.8 Å². The molecule has 0 atom stereocenters. The summed E-state index contributed by atoms with van der Waals surface area (Å²) in [6, 6.07) is 0. The van der Waals surface area contributed by atoms with Crippen molar-refractivity contribution in [1.82, 2.24) is 20.0 Å². The van der Waals surface area contributed by atoms with E-state index in [-0.39, 0.29) is 0 Å². The zero-order valence-electron chi connectivity index (χ0n) is 17.0. The van der Waals surface area contributed by atoms with E-state index in [1.54, 1.807) is 0 Å². The summed E-state index contributed by atoms with van der Waals surface area (Å²) in [5.74, 6) is 2.41. The summed E-state index contributed by atoms with van der Waals surface area (Å²) in [7, 11) is 2.24. The highest BCUT2D eigenvalue weighted by atomic mass is 32.2. The van der Waals surface area contributed by atoms with Crippen molar-refractivity contribution in [1.29, 1.82) is 0 Å². The van der Waals surface area contributed by atoms with E-state index in [2.05, 4.69) is 45.7 Å². The fraction of sp³-hybridized carbons (Fsp3) is 0.950. The molecule has 0 aromatic rings. The lowest BCUT2D eigenvalue weighted by atomic mass is 9.87. The molecule has 6 heteroatoms. The van der Waals surface area contributed by atoms with Gasteiger partial charge in [0.05, 0.1) is 6.54 Å². The number of hydrogen-bond donors (Lipinski definition) is 1. The zero-order valence-corrected chi connectivity index (χ0v) is 17.8. The quantitative estimate of drug-likeness (QED) is 0.597. The number of thioether (sulfide) groups is 1. The predicted octanol–water partition coefficient (Wildman–Crippen LogP) is 2.34. The van der Waals surface area contributed by atoms with E-state index in [0.29, 0.717) is 4.75 Å². The second-order valence-corrected chi connectivity index (χ2v) is 9.81. The van der Waals surface area contributed by atoms with E-state index in [1.165, 1.54) is 77.0 Å². The maximum atomic E-state index is 5.03. The maximum absolute atomic E-state index is 5.03. The Hall–Kier alpha value is -0.460. The first kappa shape index (κ1) is 20.3. The predicted molar refractivity (Wildman–Crippen MR) is 114 cm³/mol. The molecule has 0 amide bonds. The van der Waals surface area contributed by atoms with E-state index >= 15 is 0 Å². The van der Waals surface area contributed by atoms with Crippen LogP contribution in [0.3, 0.4) is 0 Å². The summed E-state index contributed by atoms with van der Waals surface area (Å²) in [5, 5.41) is 3.57. The number of nitrogens with one attached hydrogen (secondary N) is 1. The van der Waals surface area contributed by atoms with Crippen LogP contribution in [-0.2, 0) is 0 Å². The summed E-state index contributed by atoms with van der Waals surface area (Å²) < 4.78 is 0.502. The number of likely N-dealkylation sites (N-methyl/N-ethyl adjacent to an activating group) is 1. The van der Waals surface area contributed by atoms with Crippen molar-refractivity contribution in [2.45, 2.75) is 50.2 Å². The average molecular weight is 382 g/mol. The van der Waals surface area contributed by atoms with Crippen molar-refractivity contribution in [3.63, 3.8) is 0 Å². The Labute approximate surface area is 165 Å². The summed E-state index contributed by atoms with van der Waals surface area (Å²) in [5.41, 5.74) is 0. The number of hydrogen-bond acceptors (Lipinski definition) is 4. The van der Waals surface area contributed by atoms with Crippen molar-refractivity contribution < 1.29 is 0 Å². The first-order valence-corrected chi connectivity index (χ1v) is 11.8. The highest BCUT2D eigenvalue weighted by Crippen LogP contribution is 2.42. The summed E-state index contributed by atoms with van der Waals surface area (Å²) in [4.78, 5) is 12.6. The first-order chi connectivity index (χ1) is 12.7. The largest absolute Gasteiger partial charge is 0.357 e. The van der Waals surface area contributed by atoms with Gasteiger partial charge in [-0.1, -0.05) is 19.3 Å². The van der Waals surface area contributed by atoms with Gasteiger partial charge in [0, 0.05) is 49.8 Å². The Bertz CT molecular complexity index is 444. The minimum Gasteiger partial charge on any atom is -0.357 e. The molecule has 1 saturated carbocycles. The average Bonchev–Trinajstić information content (AvgIpc) is 2.86. The van der Waals surface area contributed by atoms with Crippen LogP contribution in [0.1, 0.15) is 45.4 Å². The van der Waals surface area contributed by atoms with Crippen LogP contribution < -0.4 is 5.32 Å². The lowest BCUT2D eigenvalue weighted by Crippen LogP contribution is -2.53. The molecule has 0 radical (unpaired) electrons. The fourth-order valence-electron chi connectivity index (χ4n) is 4.57. The summed E-state index contributed by atoms with van der Waals surface area (Å²) >= 11 is 2.24. The molecule has 1 aliphatic carbocycles. The van der Waals surface area contributed by atoms with Crippen LogP contribution in [0.2, 0.25) is 0 Å². The Morgan fingerprint density at radius 1 is 1.04 bits per heavy atom. The molecule has 150 valence electrons. The van der Waals surface area contributed by atoms with Gasteiger partial charge in [0.2, 0.25) is 0 Å². The molecule has 0 bridgehead atoms. The number of nitrogens with zero attached hydrogens (tertiary/aromatic N) is 4. The Kier molecular flexibility index (Phi) is 7.94. The van der Waals surface area contributed by atoms with Crippen LogP contribution in [0.5, 0.6) is 0 Å². The second kappa shape index (κ2) is 10.2. The molecule has 1 spiro atoms. The third kappa shape index (κ3) is 5.77. The molecule has 0 aromatic heterocycles. The Balaban J connectivity index is 1.54. The van der Waals surface area contributed by atoms with Crippen molar-refractivity contribution in [3.05, 3.63) is 0 Å². The SMILES string of the molecule is CCNC(=NCCN1CCCN(C)CC1)N1CCSC2(CCCCC2)C1. The molecule has 5 nitrogen and oxygen atoms in total. The topological polar surface area (TPSA) is 34.1 Å². The van der Waals surface area contributed by atoms with Crippen molar-refractivity contribution in [3.8, 4) is 0 Å². The number of guanidine groups is 1. The van der Waals surface area contributed by atoms with Crippen molar-refractivity contribution >= 4 is 17.7 Å². The standard InChI is InChI=1S/C20H39N5S/c1-3-21-19(22-10-13-24-12-7-11-23(2)14-15-24)25-16-17-26-20(18-25)8-5-4-6-9-20/h3-18H2,1-2H3,(H,21,22). The molecule has 1 N–H and O–H groups in total. The lowest BCUT2D eigenvalue weighted by Gasteiger charge is -2.45. The van der Waals surface area contributed by atoms with Crippen LogP contribution in [0, 0.1) is 0 Å². The van der Waals surface area contributed by atoms with Gasteiger partial charge >= 0.3 is 0 Å². The monoisotopic (exact) mass is 381 g/mol. The maximum Gasteiger partial charge on any atom is 0.194 e. The smallest absolute Gasteiger partial charge is 0.194 e. The van der Waals surface area contributed by atoms with Crippen LogP contribution in [-0.4, -0.2) is 97.1 Å². The van der Waals surface area contributed by atoms with Gasteiger partial charge in [0.15, 0.2) is 5.96 Å². The normalized spacial score (nSPS) is 26.1. The zero-order chi connectivity index (χ0) is 18.2. The number of aliphatic imine (C=N–C) groups is 1. The molecule has 0 unspecified atom stereocenters. The summed E-state index contributed by atoms with van der Waals surface area (Å²) in [6.45, 7) is 12.3. The van der Waals surface area contributed by atoms with Gasteiger partial charge in [-0.25, -0.2) is 0 Å². The third-order valence-electron chi connectivity index (χ3n) is 6.14. The van der Waals surface area contributed by atoms with Gasteiger partial charge in [-0.3, -0.25) is 4.99 Å². The second-order valence-electron chi connectivity index (χ2n) is 8.25. The van der Waals surface area contributed by atoms with Gasteiger partial charge in [0.25, 0.3) is 0 Å². The highest BCUT2D eigenvalue weighted by molar-refractivity contribution is 8.00. The fourth-order valence-corrected chi connectivity index (χ4v) is 6.14.